The monoisotopic (exact) mass is 249 g/mol. The van der Waals surface area contributed by atoms with E-state index in [-0.39, 0.29) is 0 Å². The van der Waals surface area contributed by atoms with Crippen molar-refractivity contribution in [1.29, 1.82) is 0 Å². The molecule has 1 N–H and O–H groups in total. The van der Waals surface area contributed by atoms with Gasteiger partial charge in [-0.2, -0.15) is 0 Å². The molecular weight excluding hydrogens is 226 g/mol. The Kier molecular flexibility index (Phi) is 4.79. The molecule has 0 aliphatic heterocycles. The molecule has 0 amide bonds. The van der Waals surface area contributed by atoms with E-state index in [2.05, 4.69) is 29.1 Å². The van der Waals surface area contributed by atoms with Crippen molar-refractivity contribution in [2.45, 2.75) is 52.1 Å². The minimum atomic E-state index is 0.329. The molecule has 0 atom stereocenters. The van der Waals surface area contributed by atoms with Gasteiger partial charge in [-0.05, 0) is 38.0 Å². The third kappa shape index (κ3) is 3.86. The van der Waals surface area contributed by atoms with Crippen LogP contribution in [0.4, 0.5) is 5.82 Å². The summed E-state index contributed by atoms with van der Waals surface area (Å²) in [5, 5.41) is 3.25. The first-order valence-corrected chi connectivity index (χ1v) is 7.00. The Morgan fingerprint density at radius 1 is 1.28 bits per heavy atom. The number of rotatable bonds is 5. The highest BCUT2D eigenvalue weighted by atomic mass is 16.5. The Morgan fingerprint density at radius 2 is 2.06 bits per heavy atom. The molecular formula is C14H23N3O. The van der Waals surface area contributed by atoms with E-state index in [9.17, 15) is 0 Å². The van der Waals surface area contributed by atoms with Crippen LogP contribution in [0.3, 0.4) is 0 Å². The highest BCUT2D eigenvalue weighted by molar-refractivity contribution is 5.36. The van der Waals surface area contributed by atoms with E-state index in [0.717, 1.165) is 37.5 Å². The topological polar surface area (TPSA) is 47.0 Å². The second-order valence-corrected chi connectivity index (χ2v) is 5.17. The zero-order valence-electron chi connectivity index (χ0n) is 11.4. The van der Waals surface area contributed by atoms with Gasteiger partial charge in [0.15, 0.2) is 0 Å². The van der Waals surface area contributed by atoms with Crippen molar-refractivity contribution in [3.63, 3.8) is 0 Å². The first-order valence-electron chi connectivity index (χ1n) is 7.00. The predicted molar refractivity (Wildman–Crippen MR) is 72.9 cm³/mol. The van der Waals surface area contributed by atoms with Gasteiger partial charge in [-0.25, -0.2) is 9.97 Å². The van der Waals surface area contributed by atoms with Crippen LogP contribution in [0.5, 0.6) is 5.88 Å². The van der Waals surface area contributed by atoms with Gasteiger partial charge in [0.2, 0.25) is 5.88 Å². The number of nitrogens with zero attached hydrogens (tertiary/aromatic N) is 2. The van der Waals surface area contributed by atoms with Crippen LogP contribution in [0, 0.1) is 5.92 Å². The molecule has 0 unspecified atom stereocenters. The average molecular weight is 249 g/mol. The zero-order valence-corrected chi connectivity index (χ0v) is 11.4. The van der Waals surface area contributed by atoms with Crippen molar-refractivity contribution in [3.05, 3.63) is 12.4 Å². The molecule has 1 aliphatic rings. The van der Waals surface area contributed by atoms with E-state index in [0.29, 0.717) is 12.0 Å². The summed E-state index contributed by atoms with van der Waals surface area (Å²) >= 11 is 0. The zero-order chi connectivity index (χ0) is 12.8. The maximum Gasteiger partial charge on any atom is 0.218 e. The molecule has 18 heavy (non-hydrogen) atoms. The lowest BCUT2D eigenvalue weighted by atomic mass is 9.89. The molecule has 4 nitrogen and oxygen atoms in total. The standard InChI is InChI=1S/C14H23N3O/c1-3-8-15-13-9-14(17-10-16-13)18-12-6-4-11(2)5-7-12/h9-12H,3-8H2,1-2H3,(H,15,16,17). The molecule has 1 fully saturated rings. The third-order valence-corrected chi connectivity index (χ3v) is 3.45. The summed E-state index contributed by atoms with van der Waals surface area (Å²) in [5.74, 6) is 2.39. The average Bonchev–Trinajstić information content (AvgIpc) is 2.40. The highest BCUT2D eigenvalue weighted by Gasteiger charge is 2.19. The highest BCUT2D eigenvalue weighted by Crippen LogP contribution is 2.26. The number of hydrogen-bond donors (Lipinski definition) is 1. The smallest absolute Gasteiger partial charge is 0.218 e. The lowest BCUT2D eigenvalue weighted by Crippen LogP contribution is -2.23. The van der Waals surface area contributed by atoms with Crippen LogP contribution in [-0.2, 0) is 0 Å². The van der Waals surface area contributed by atoms with Crippen molar-refractivity contribution in [2.24, 2.45) is 5.92 Å². The van der Waals surface area contributed by atoms with Crippen LogP contribution >= 0.6 is 0 Å². The van der Waals surface area contributed by atoms with Gasteiger partial charge in [-0.3, -0.25) is 0 Å². The maximum absolute atomic E-state index is 5.93. The van der Waals surface area contributed by atoms with E-state index in [1.165, 1.54) is 12.8 Å². The lowest BCUT2D eigenvalue weighted by Gasteiger charge is -2.26. The Bertz CT molecular complexity index is 362. The van der Waals surface area contributed by atoms with Crippen LogP contribution < -0.4 is 10.1 Å². The SMILES string of the molecule is CCCNc1cc(OC2CCC(C)CC2)ncn1. The molecule has 4 heteroatoms. The predicted octanol–water partition coefficient (Wildman–Crippen LogP) is 3.26. The molecule has 100 valence electrons. The Balaban J connectivity index is 1.88. The number of anilines is 1. The van der Waals surface area contributed by atoms with Gasteiger partial charge in [0.1, 0.15) is 18.2 Å². The molecule has 0 bridgehead atoms. The fourth-order valence-corrected chi connectivity index (χ4v) is 2.27. The van der Waals surface area contributed by atoms with E-state index in [4.69, 9.17) is 4.74 Å². The first kappa shape index (κ1) is 13.1. The molecule has 0 radical (unpaired) electrons. The maximum atomic E-state index is 5.93. The quantitative estimate of drug-likeness (QED) is 0.870. The molecule has 1 saturated carbocycles. The lowest BCUT2D eigenvalue weighted by molar-refractivity contribution is 0.130. The van der Waals surface area contributed by atoms with Gasteiger partial charge >= 0.3 is 0 Å². The summed E-state index contributed by atoms with van der Waals surface area (Å²) in [4.78, 5) is 8.37. The molecule has 1 aliphatic carbocycles. The van der Waals surface area contributed by atoms with E-state index in [1.54, 1.807) is 6.33 Å². The first-order chi connectivity index (χ1) is 8.78. The van der Waals surface area contributed by atoms with Gasteiger partial charge in [0.05, 0.1) is 0 Å². The number of ether oxygens (including phenoxy) is 1. The van der Waals surface area contributed by atoms with Crippen LogP contribution in [0.1, 0.15) is 46.0 Å². The molecule has 1 heterocycles. The minimum Gasteiger partial charge on any atom is -0.474 e. The normalized spacial score (nSPS) is 23.7. The van der Waals surface area contributed by atoms with Crippen molar-refractivity contribution in [3.8, 4) is 5.88 Å². The van der Waals surface area contributed by atoms with Gasteiger partial charge in [0, 0.05) is 12.6 Å². The Labute approximate surface area is 109 Å². The van der Waals surface area contributed by atoms with Gasteiger partial charge in [0.25, 0.3) is 0 Å². The van der Waals surface area contributed by atoms with Crippen molar-refractivity contribution in [2.75, 3.05) is 11.9 Å². The van der Waals surface area contributed by atoms with Crippen molar-refractivity contribution < 1.29 is 4.74 Å². The minimum absolute atomic E-state index is 0.329. The molecule has 1 aromatic heterocycles. The number of nitrogens with one attached hydrogen (secondary N) is 1. The molecule has 0 aromatic carbocycles. The third-order valence-electron chi connectivity index (χ3n) is 3.45. The van der Waals surface area contributed by atoms with Gasteiger partial charge in [-0.1, -0.05) is 13.8 Å². The molecule has 0 saturated heterocycles. The number of hydrogen-bond acceptors (Lipinski definition) is 4. The Morgan fingerprint density at radius 3 is 2.78 bits per heavy atom. The van der Waals surface area contributed by atoms with E-state index < -0.39 is 0 Å². The summed E-state index contributed by atoms with van der Waals surface area (Å²) in [6, 6.07) is 1.90. The Hall–Kier alpha value is -1.32. The van der Waals surface area contributed by atoms with E-state index >= 15 is 0 Å². The molecule has 1 aromatic rings. The summed E-state index contributed by atoms with van der Waals surface area (Å²) in [6.07, 6.45) is 7.79. The fourth-order valence-electron chi connectivity index (χ4n) is 2.27. The second kappa shape index (κ2) is 6.57. The molecule has 0 spiro atoms. The number of aromatic nitrogens is 2. The summed E-state index contributed by atoms with van der Waals surface area (Å²) in [7, 11) is 0. The van der Waals surface area contributed by atoms with Crippen molar-refractivity contribution in [1.82, 2.24) is 9.97 Å². The van der Waals surface area contributed by atoms with Crippen LogP contribution in [-0.4, -0.2) is 22.6 Å². The molecule has 2 rings (SSSR count). The fraction of sp³-hybridized carbons (Fsp3) is 0.714. The largest absolute Gasteiger partial charge is 0.474 e. The van der Waals surface area contributed by atoms with Crippen molar-refractivity contribution >= 4 is 5.82 Å². The van der Waals surface area contributed by atoms with Gasteiger partial charge in [-0.15, -0.1) is 0 Å². The summed E-state index contributed by atoms with van der Waals surface area (Å²) in [6.45, 7) is 5.37. The summed E-state index contributed by atoms with van der Waals surface area (Å²) < 4.78 is 5.93. The van der Waals surface area contributed by atoms with Crippen LogP contribution in [0.2, 0.25) is 0 Å². The van der Waals surface area contributed by atoms with Crippen LogP contribution in [0.25, 0.3) is 0 Å². The summed E-state index contributed by atoms with van der Waals surface area (Å²) in [5.41, 5.74) is 0. The second-order valence-electron chi connectivity index (χ2n) is 5.17. The van der Waals surface area contributed by atoms with E-state index in [1.807, 2.05) is 6.07 Å². The van der Waals surface area contributed by atoms with Crippen LogP contribution in [0.15, 0.2) is 12.4 Å². The van der Waals surface area contributed by atoms with Gasteiger partial charge < -0.3 is 10.1 Å².